The van der Waals surface area contributed by atoms with Crippen LogP contribution >= 0.6 is 0 Å². The Morgan fingerprint density at radius 2 is 2.13 bits per heavy atom. The molecule has 126 valence electrons. The van der Waals surface area contributed by atoms with E-state index in [1.807, 2.05) is 11.0 Å². The number of likely N-dealkylation sites (tertiary alicyclic amines) is 1. The molecule has 2 saturated heterocycles. The predicted molar refractivity (Wildman–Crippen MR) is 89.5 cm³/mol. The van der Waals surface area contributed by atoms with Crippen LogP contribution in [0.25, 0.3) is 0 Å². The molecule has 0 bridgehead atoms. The molecule has 0 spiro atoms. The first-order chi connectivity index (χ1) is 11.1. The van der Waals surface area contributed by atoms with Gasteiger partial charge in [0.05, 0.1) is 6.04 Å². The van der Waals surface area contributed by atoms with Crippen LogP contribution in [-0.4, -0.2) is 30.4 Å². The number of rotatable bonds is 4. The summed E-state index contributed by atoms with van der Waals surface area (Å²) in [6, 6.07) is 6.77. The van der Waals surface area contributed by atoms with E-state index in [1.165, 1.54) is 18.9 Å². The average molecular weight is 318 g/mol. The van der Waals surface area contributed by atoms with E-state index in [0.717, 1.165) is 38.0 Å². The van der Waals surface area contributed by atoms with Crippen LogP contribution in [-0.2, 0) is 4.79 Å². The third-order valence-electron chi connectivity index (χ3n) is 5.29. The smallest absolute Gasteiger partial charge is 0.223 e. The van der Waals surface area contributed by atoms with E-state index in [4.69, 9.17) is 0 Å². The molecule has 0 aliphatic carbocycles. The van der Waals surface area contributed by atoms with Crippen molar-refractivity contribution < 1.29 is 9.18 Å². The van der Waals surface area contributed by atoms with E-state index in [2.05, 4.69) is 12.2 Å². The Morgan fingerprint density at radius 3 is 2.87 bits per heavy atom. The van der Waals surface area contributed by atoms with Crippen molar-refractivity contribution in [3.63, 3.8) is 0 Å². The first-order valence-corrected chi connectivity index (χ1v) is 8.89. The normalized spacial score (nSPS) is 25.7. The molecule has 3 nitrogen and oxygen atoms in total. The van der Waals surface area contributed by atoms with Gasteiger partial charge in [-0.05, 0) is 68.3 Å². The van der Waals surface area contributed by atoms with E-state index in [-0.39, 0.29) is 17.8 Å². The Hall–Kier alpha value is -1.42. The molecule has 1 aromatic rings. The Kier molecular flexibility index (Phi) is 5.31. The number of nitrogens with zero attached hydrogens (tertiary/aromatic N) is 1. The number of amides is 1. The molecule has 0 saturated carbocycles. The fraction of sp³-hybridized carbons (Fsp3) is 0.632. The minimum Gasteiger partial charge on any atom is -0.335 e. The first kappa shape index (κ1) is 16.4. The van der Waals surface area contributed by atoms with Crippen LogP contribution in [0.15, 0.2) is 24.3 Å². The maximum atomic E-state index is 13.5. The molecular formula is C19H27FN2O. The lowest BCUT2D eigenvalue weighted by molar-refractivity contribution is -0.132. The van der Waals surface area contributed by atoms with E-state index in [1.54, 1.807) is 12.1 Å². The Labute approximate surface area is 138 Å². The number of halogens is 1. The number of nitrogens with one attached hydrogen (secondary N) is 1. The van der Waals surface area contributed by atoms with Gasteiger partial charge in [-0.2, -0.15) is 0 Å². The fourth-order valence-corrected chi connectivity index (χ4v) is 3.99. The summed E-state index contributed by atoms with van der Waals surface area (Å²) in [5.41, 5.74) is 0.935. The minimum absolute atomic E-state index is 0.0428. The van der Waals surface area contributed by atoms with Crippen molar-refractivity contribution in [3.05, 3.63) is 35.6 Å². The second-order valence-electron chi connectivity index (χ2n) is 7.19. The molecular weight excluding hydrogens is 291 g/mol. The number of carbonyl (C=O) groups excluding carboxylic acids is 1. The van der Waals surface area contributed by atoms with Gasteiger partial charge in [0.2, 0.25) is 5.91 Å². The summed E-state index contributed by atoms with van der Waals surface area (Å²) >= 11 is 0. The maximum Gasteiger partial charge on any atom is 0.223 e. The Balaban J connectivity index is 1.63. The number of benzene rings is 1. The van der Waals surface area contributed by atoms with Crippen LogP contribution in [0.4, 0.5) is 4.39 Å². The number of hydrogen-bond donors (Lipinski definition) is 1. The molecule has 2 fully saturated rings. The number of piperidine rings is 1. The van der Waals surface area contributed by atoms with Crippen molar-refractivity contribution >= 4 is 5.91 Å². The Morgan fingerprint density at radius 1 is 1.35 bits per heavy atom. The monoisotopic (exact) mass is 318 g/mol. The molecule has 4 heteroatoms. The van der Waals surface area contributed by atoms with Gasteiger partial charge in [-0.3, -0.25) is 4.79 Å². The largest absolute Gasteiger partial charge is 0.335 e. The van der Waals surface area contributed by atoms with Crippen LogP contribution in [0.2, 0.25) is 0 Å². The van der Waals surface area contributed by atoms with E-state index in [0.29, 0.717) is 18.3 Å². The highest BCUT2D eigenvalue weighted by molar-refractivity contribution is 5.77. The van der Waals surface area contributed by atoms with Crippen LogP contribution < -0.4 is 5.32 Å². The van der Waals surface area contributed by atoms with Crippen molar-refractivity contribution in [1.29, 1.82) is 0 Å². The SMILES string of the molecule is CC1CC(c2cccc(F)c2)N(C(=O)CCC2CCNCC2)C1. The van der Waals surface area contributed by atoms with Crippen LogP contribution in [0.3, 0.4) is 0 Å². The molecule has 1 aromatic carbocycles. The lowest BCUT2D eigenvalue weighted by Crippen LogP contribution is -2.32. The van der Waals surface area contributed by atoms with Gasteiger partial charge in [-0.15, -0.1) is 0 Å². The summed E-state index contributed by atoms with van der Waals surface area (Å²) < 4.78 is 13.5. The summed E-state index contributed by atoms with van der Waals surface area (Å²) in [7, 11) is 0. The standard InChI is InChI=1S/C19H27FN2O/c1-14-11-18(16-3-2-4-17(20)12-16)22(13-14)19(23)6-5-15-7-9-21-10-8-15/h2-4,12,14-15,18,21H,5-11,13H2,1H3. The van der Waals surface area contributed by atoms with Gasteiger partial charge >= 0.3 is 0 Å². The molecule has 23 heavy (non-hydrogen) atoms. The highest BCUT2D eigenvalue weighted by Crippen LogP contribution is 2.36. The summed E-state index contributed by atoms with van der Waals surface area (Å²) in [6.45, 7) is 5.12. The van der Waals surface area contributed by atoms with E-state index in [9.17, 15) is 9.18 Å². The summed E-state index contributed by atoms with van der Waals surface area (Å²) in [4.78, 5) is 14.7. The highest BCUT2D eigenvalue weighted by atomic mass is 19.1. The molecule has 2 heterocycles. The second kappa shape index (κ2) is 7.43. The van der Waals surface area contributed by atoms with Crippen LogP contribution in [0.5, 0.6) is 0 Å². The second-order valence-corrected chi connectivity index (χ2v) is 7.19. The van der Waals surface area contributed by atoms with Gasteiger partial charge in [0.15, 0.2) is 0 Å². The summed E-state index contributed by atoms with van der Waals surface area (Å²) in [5.74, 6) is 1.17. The highest BCUT2D eigenvalue weighted by Gasteiger charge is 2.34. The first-order valence-electron chi connectivity index (χ1n) is 8.89. The van der Waals surface area contributed by atoms with Crippen molar-refractivity contribution in [2.45, 2.75) is 45.1 Å². The molecule has 0 radical (unpaired) electrons. The zero-order valence-corrected chi connectivity index (χ0v) is 13.9. The van der Waals surface area contributed by atoms with Crippen molar-refractivity contribution in [2.24, 2.45) is 11.8 Å². The summed E-state index contributed by atoms with van der Waals surface area (Å²) in [5, 5.41) is 3.37. The van der Waals surface area contributed by atoms with E-state index < -0.39 is 0 Å². The zero-order valence-electron chi connectivity index (χ0n) is 13.9. The molecule has 0 aromatic heterocycles. The molecule has 2 atom stereocenters. The molecule has 2 unspecified atom stereocenters. The summed E-state index contributed by atoms with van der Waals surface area (Å²) in [6.07, 6.45) is 4.90. The van der Waals surface area contributed by atoms with Gasteiger partial charge in [-0.25, -0.2) is 4.39 Å². The van der Waals surface area contributed by atoms with Gasteiger partial charge in [0.1, 0.15) is 5.82 Å². The van der Waals surface area contributed by atoms with Gasteiger partial charge in [-0.1, -0.05) is 19.1 Å². The molecule has 1 N–H and O–H groups in total. The third-order valence-corrected chi connectivity index (χ3v) is 5.29. The quantitative estimate of drug-likeness (QED) is 0.921. The van der Waals surface area contributed by atoms with Crippen LogP contribution in [0.1, 0.15) is 50.6 Å². The van der Waals surface area contributed by atoms with Crippen molar-refractivity contribution in [1.82, 2.24) is 10.2 Å². The zero-order chi connectivity index (χ0) is 16.2. The fourth-order valence-electron chi connectivity index (χ4n) is 3.99. The van der Waals surface area contributed by atoms with Gasteiger partial charge in [0, 0.05) is 13.0 Å². The van der Waals surface area contributed by atoms with Crippen molar-refractivity contribution in [3.8, 4) is 0 Å². The maximum absolute atomic E-state index is 13.5. The molecule has 2 aliphatic heterocycles. The van der Waals surface area contributed by atoms with Gasteiger partial charge < -0.3 is 10.2 Å². The number of carbonyl (C=O) groups is 1. The predicted octanol–water partition coefficient (Wildman–Crippen LogP) is 3.52. The lowest BCUT2D eigenvalue weighted by atomic mass is 9.93. The average Bonchev–Trinajstić information content (AvgIpc) is 2.96. The lowest BCUT2D eigenvalue weighted by Gasteiger charge is -2.27. The minimum atomic E-state index is -0.218. The topological polar surface area (TPSA) is 32.3 Å². The molecule has 2 aliphatic rings. The molecule has 1 amide bonds. The van der Waals surface area contributed by atoms with E-state index >= 15 is 0 Å². The number of hydrogen-bond acceptors (Lipinski definition) is 2. The molecule has 3 rings (SSSR count). The third kappa shape index (κ3) is 4.11. The van der Waals surface area contributed by atoms with Crippen molar-refractivity contribution in [2.75, 3.05) is 19.6 Å². The van der Waals surface area contributed by atoms with Gasteiger partial charge in [0.25, 0.3) is 0 Å². The Bertz CT molecular complexity index is 542. The van der Waals surface area contributed by atoms with Crippen LogP contribution in [0, 0.1) is 17.7 Å².